The second-order valence-corrected chi connectivity index (χ2v) is 4.95. The Bertz CT molecular complexity index is 350. The summed E-state index contributed by atoms with van der Waals surface area (Å²) in [6.07, 6.45) is 4.94. The summed E-state index contributed by atoms with van der Waals surface area (Å²) in [4.78, 5) is 0. The summed E-state index contributed by atoms with van der Waals surface area (Å²) in [6, 6.07) is 2.30. The lowest BCUT2D eigenvalue weighted by molar-refractivity contribution is -0.0503. The molecule has 4 nitrogen and oxygen atoms in total. The standard InChI is InChI=1S/C15H29N3O/c1-6-12-18-13(10-11-17-18)14(16-9-4)15(7-2,8-3)19-5/h10-11,14,16H,6-9,12H2,1-5H3. The third-order valence-corrected chi connectivity index (χ3v) is 4.02. The molecule has 0 aliphatic heterocycles. The first-order chi connectivity index (χ1) is 9.18. The van der Waals surface area contributed by atoms with Crippen LogP contribution in [-0.4, -0.2) is 29.0 Å². The quantitative estimate of drug-likeness (QED) is 0.747. The lowest BCUT2D eigenvalue weighted by atomic mass is 9.86. The van der Waals surface area contributed by atoms with Gasteiger partial charge in [-0.2, -0.15) is 5.10 Å². The van der Waals surface area contributed by atoms with E-state index in [-0.39, 0.29) is 11.6 Å². The SMILES string of the molecule is CCCn1nccc1C(NCC)C(CC)(CC)OC. The highest BCUT2D eigenvalue weighted by atomic mass is 16.5. The van der Waals surface area contributed by atoms with Gasteiger partial charge in [-0.15, -0.1) is 0 Å². The van der Waals surface area contributed by atoms with E-state index >= 15 is 0 Å². The van der Waals surface area contributed by atoms with Crippen LogP contribution < -0.4 is 5.32 Å². The molecular formula is C15H29N3O. The minimum atomic E-state index is -0.165. The Balaban J connectivity index is 3.14. The Kier molecular flexibility index (Phi) is 6.52. The highest BCUT2D eigenvalue weighted by Gasteiger charge is 2.38. The summed E-state index contributed by atoms with van der Waals surface area (Å²) in [6.45, 7) is 10.6. The number of aryl methyl sites for hydroxylation is 1. The van der Waals surface area contributed by atoms with Gasteiger partial charge in [0.1, 0.15) is 0 Å². The van der Waals surface area contributed by atoms with E-state index in [0.29, 0.717) is 0 Å². The summed E-state index contributed by atoms with van der Waals surface area (Å²) in [5, 5.41) is 8.04. The van der Waals surface area contributed by atoms with Gasteiger partial charge >= 0.3 is 0 Å². The number of nitrogens with one attached hydrogen (secondary N) is 1. The van der Waals surface area contributed by atoms with Gasteiger partial charge in [0, 0.05) is 19.9 Å². The molecule has 110 valence electrons. The van der Waals surface area contributed by atoms with E-state index in [0.717, 1.165) is 32.4 Å². The van der Waals surface area contributed by atoms with Crippen molar-refractivity contribution in [3.63, 3.8) is 0 Å². The summed E-state index contributed by atoms with van der Waals surface area (Å²) >= 11 is 0. The zero-order chi connectivity index (χ0) is 14.3. The van der Waals surface area contributed by atoms with Gasteiger partial charge in [-0.05, 0) is 31.9 Å². The van der Waals surface area contributed by atoms with Crippen molar-refractivity contribution in [3.8, 4) is 0 Å². The predicted octanol–water partition coefficient (Wildman–Crippen LogP) is 3.15. The molecule has 0 fully saturated rings. The van der Waals surface area contributed by atoms with Crippen LogP contribution in [0.5, 0.6) is 0 Å². The molecule has 0 saturated carbocycles. The molecule has 0 spiro atoms. The maximum absolute atomic E-state index is 5.90. The fourth-order valence-corrected chi connectivity index (χ4v) is 2.82. The van der Waals surface area contributed by atoms with Crippen molar-refractivity contribution in [1.82, 2.24) is 15.1 Å². The average Bonchev–Trinajstić information content (AvgIpc) is 2.88. The monoisotopic (exact) mass is 267 g/mol. The number of hydrogen-bond acceptors (Lipinski definition) is 3. The first kappa shape index (κ1) is 16.2. The van der Waals surface area contributed by atoms with Crippen molar-refractivity contribution in [3.05, 3.63) is 18.0 Å². The molecule has 0 radical (unpaired) electrons. The van der Waals surface area contributed by atoms with E-state index in [1.54, 1.807) is 0 Å². The summed E-state index contributed by atoms with van der Waals surface area (Å²) in [5.41, 5.74) is 1.07. The third-order valence-electron chi connectivity index (χ3n) is 4.02. The second-order valence-electron chi connectivity index (χ2n) is 4.95. The van der Waals surface area contributed by atoms with Crippen molar-refractivity contribution < 1.29 is 4.74 Å². The first-order valence-corrected chi connectivity index (χ1v) is 7.49. The number of nitrogens with zero attached hydrogens (tertiary/aromatic N) is 2. The lowest BCUT2D eigenvalue weighted by Crippen LogP contribution is -2.45. The summed E-state index contributed by atoms with van der Waals surface area (Å²) < 4.78 is 8.01. The smallest absolute Gasteiger partial charge is 0.0882 e. The maximum atomic E-state index is 5.90. The molecule has 4 heteroatoms. The van der Waals surface area contributed by atoms with Crippen LogP contribution in [0, 0.1) is 0 Å². The van der Waals surface area contributed by atoms with Crippen LogP contribution >= 0.6 is 0 Å². The van der Waals surface area contributed by atoms with Crippen LogP contribution in [-0.2, 0) is 11.3 Å². The predicted molar refractivity (Wildman–Crippen MR) is 79.3 cm³/mol. The molecule has 1 aromatic rings. The molecule has 0 bridgehead atoms. The van der Waals surface area contributed by atoms with E-state index in [1.807, 2.05) is 13.3 Å². The molecule has 1 rings (SSSR count). The van der Waals surface area contributed by atoms with Crippen molar-refractivity contribution in [2.24, 2.45) is 0 Å². The minimum Gasteiger partial charge on any atom is -0.376 e. The zero-order valence-electron chi connectivity index (χ0n) is 13.1. The molecule has 1 heterocycles. The normalized spacial score (nSPS) is 13.7. The van der Waals surface area contributed by atoms with Crippen LogP contribution in [0.25, 0.3) is 0 Å². The van der Waals surface area contributed by atoms with Gasteiger partial charge in [-0.3, -0.25) is 4.68 Å². The largest absolute Gasteiger partial charge is 0.376 e. The summed E-state index contributed by atoms with van der Waals surface area (Å²) in [7, 11) is 1.82. The topological polar surface area (TPSA) is 39.1 Å². The third kappa shape index (κ3) is 3.37. The fraction of sp³-hybridized carbons (Fsp3) is 0.800. The molecule has 0 saturated heterocycles. The van der Waals surface area contributed by atoms with Crippen molar-refractivity contribution in [2.75, 3.05) is 13.7 Å². The van der Waals surface area contributed by atoms with Gasteiger partial charge in [-0.25, -0.2) is 0 Å². The van der Waals surface area contributed by atoms with Gasteiger partial charge in [0.05, 0.1) is 17.3 Å². The highest BCUT2D eigenvalue weighted by Crippen LogP contribution is 2.34. The molecule has 0 amide bonds. The number of methoxy groups -OCH3 is 1. The van der Waals surface area contributed by atoms with E-state index in [2.05, 4.69) is 48.9 Å². The molecule has 1 aromatic heterocycles. The van der Waals surface area contributed by atoms with Crippen LogP contribution in [0.4, 0.5) is 0 Å². The maximum Gasteiger partial charge on any atom is 0.0882 e. The Morgan fingerprint density at radius 1 is 1.32 bits per heavy atom. The highest BCUT2D eigenvalue weighted by molar-refractivity contribution is 5.13. The van der Waals surface area contributed by atoms with Gasteiger partial charge in [-0.1, -0.05) is 27.7 Å². The molecule has 19 heavy (non-hydrogen) atoms. The van der Waals surface area contributed by atoms with E-state index in [4.69, 9.17) is 4.74 Å². The van der Waals surface area contributed by atoms with E-state index in [1.165, 1.54) is 5.69 Å². The van der Waals surface area contributed by atoms with Gasteiger partial charge in [0.25, 0.3) is 0 Å². The second kappa shape index (κ2) is 7.65. The Labute approximate surface area is 117 Å². The number of likely N-dealkylation sites (N-methyl/N-ethyl adjacent to an activating group) is 1. The van der Waals surface area contributed by atoms with Crippen molar-refractivity contribution in [2.45, 2.75) is 65.1 Å². The zero-order valence-corrected chi connectivity index (χ0v) is 13.1. The van der Waals surface area contributed by atoms with E-state index in [9.17, 15) is 0 Å². The fourth-order valence-electron chi connectivity index (χ4n) is 2.82. The number of ether oxygens (including phenoxy) is 1. The number of rotatable bonds is 9. The van der Waals surface area contributed by atoms with Crippen LogP contribution in [0.15, 0.2) is 12.3 Å². The molecule has 1 unspecified atom stereocenters. The van der Waals surface area contributed by atoms with Crippen molar-refractivity contribution in [1.29, 1.82) is 0 Å². The van der Waals surface area contributed by atoms with Gasteiger partial charge in [0.2, 0.25) is 0 Å². The first-order valence-electron chi connectivity index (χ1n) is 7.49. The van der Waals surface area contributed by atoms with Crippen molar-refractivity contribution >= 4 is 0 Å². The average molecular weight is 267 g/mol. The van der Waals surface area contributed by atoms with Gasteiger partial charge in [0.15, 0.2) is 0 Å². The Morgan fingerprint density at radius 3 is 2.47 bits per heavy atom. The Morgan fingerprint density at radius 2 is 2.00 bits per heavy atom. The number of aromatic nitrogens is 2. The molecule has 0 aromatic carbocycles. The number of hydrogen-bond donors (Lipinski definition) is 1. The molecule has 1 N–H and O–H groups in total. The molecule has 1 atom stereocenters. The van der Waals surface area contributed by atoms with Crippen LogP contribution in [0.3, 0.4) is 0 Å². The molecule has 0 aliphatic rings. The Hall–Kier alpha value is -0.870. The molecular weight excluding hydrogens is 238 g/mol. The van der Waals surface area contributed by atoms with Gasteiger partial charge < -0.3 is 10.1 Å². The lowest BCUT2D eigenvalue weighted by Gasteiger charge is -2.39. The summed E-state index contributed by atoms with van der Waals surface area (Å²) in [5.74, 6) is 0. The molecule has 0 aliphatic carbocycles. The minimum absolute atomic E-state index is 0.165. The van der Waals surface area contributed by atoms with E-state index < -0.39 is 0 Å². The van der Waals surface area contributed by atoms with Crippen LogP contribution in [0.2, 0.25) is 0 Å². The van der Waals surface area contributed by atoms with Crippen LogP contribution in [0.1, 0.15) is 58.7 Å².